The van der Waals surface area contributed by atoms with Gasteiger partial charge in [-0.15, -0.1) is 0 Å². The second-order valence-corrected chi connectivity index (χ2v) is 11.2. The SMILES string of the molecule is CC(C)(C)OC(=O)N1CCC2(CCCNCC3(CC3)COc3ccccc3C(=O)NC2)CC1. The van der Waals surface area contributed by atoms with Crippen LogP contribution in [0.4, 0.5) is 4.79 Å². The van der Waals surface area contributed by atoms with E-state index in [0.717, 1.165) is 38.8 Å². The fourth-order valence-electron chi connectivity index (χ4n) is 4.87. The number of likely N-dealkylation sites (tertiary alicyclic amines) is 1. The van der Waals surface area contributed by atoms with E-state index in [1.807, 2.05) is 49.9 Å². The maximum absolute atomic E-state index is 13.1. The van der Waals surface area contributed by atoms with Gasteiger partial charge in [0.15, 0.2) is 0 Å². The van der Waals surface area contributed by atoms with Gasteiger partial charge < -0.3 is 25.0 Å². The van der Waals surface area contributed by atoms with E-state index in [1.54, 1.807) is 0 Å². The Bertz CT molecular complexity index is 851. The predicted octanol–water partition coefficient (Wildman–Crippen LogP) is 3.98. The molecule has 0 aromatic heterocycles. The smallest absolute Gasteiger partial charge is 0.410 e. The summed E-state index contributed by atoms with van der Waals surface area (Å²) in [5.74, 6) is 0.576. The number of amides is 2. The fourth-order valence-corrected chi connectivity index (χ4v) is 4.87. The summed E-state index contributed by atoms with van der Waals surface area (Å²) in [5, 5.41) is 6.85. The minimum absolute atomic E-state index is 0.0208. The van der Waals surface area contributed by atoms with Gasteiger partial charge in [-0.25, -0.2) is 4.79 Å². The Balaban J connectivity index is 1.45. The lowest BCUT2D eigenvalue weighted by atomic mass is 9.74. The molecule has 2 fully saturated rings. The number of piperidine rings is 1. The number of benzene rings is 1. The lowest BCUT2D eigenvalue weighted by Gasteiger charge is -2.42. The minimum Gasteiger partial charge on any atom is -0.492 e. The molecule has 1 saturated heterocycles. The molecule has 2 aliphatic heterocycles. The van der Waals surface area contributed by atoms with Crippen LogP contribution in [0.25, 0.3) is 0 Å². The highest BCUT2D eigenvalue weighted by molar-refractivity contribution is 5.96. The number of hydrogen-bond acceptors (Lipinski definition) is 5. The molecule has 1 aliphatic carbocycles. The van der Waals surface area contributed by atoms with Crippen molar-refractivity contribution in [2.24, 2.45) is 10.8 Å². The van der Waals surface area contributed by atoms with E-state index in [4.69, 9.17) is 9.47 Å². The molecular weight excluding hydrogens is 418 g/mol. The van der Waals surface area contributed by atoms with Crippen LogP contribution in [0, 0.1) is 10.8 Å². The zero-order chi connectivity index (χ0) is 23.5. The van der Waals surface area contributed by atoms with Crippen LogP contribution in [-0.4, -0.2) is 61.8 Å². The molecule has 7 heteroatoms. The summed E-state index contributed by atoms with van der Waals surface area (Å²) in [4.78, 5) is 27.5. The topological polar surface area (TPSA) is 79.9 Å². The summed E-state index contributed by atoms with van der Waals surface area (Å²) in [6.07, 6.45) is 5.87. The van der Waals surface area contributed by atoms with E-state index in [1.165, 1.54) is 12.8 Å². The number of fused-ring (bicyclic) bond motifs is 1. The zero-order valence-corrected chi connectivity index (χ0v) is 20.4. The van der Waals surface area contributed by atoms with Crippen LogP contribution in [0.5, 0.6) is 5.75 Å². The first-order chi connectivity index (χ1) is 15.7. The van der Waals surface area contributed by atoms with Gasteiger partial charge >= 0.3 is 6.09 Å². The van der Waals surface area contributed by atoms with E-state index >= 15 is 0 Å². The lowest BCUT2D eigenvalue weighted by molar-refractivity contribution is 0.00851. The van der Waals surface area contributed by atoms with Crippen LogP contribution in [0.3, 0.4) is 0 Å². The lowest BCUT2D eigenvalue weighted by Crippen LogP contribution is -2.49. The van der Waals surface area contributed by atoms with Crippen molar-refractivity contribution in [3.63, 3.8) is 0 Å². The van der Waals surface area contributed by atoms with Crippen molar-refractivity contribution < 1.29 is 19.1 Å². The Kier molecular flexibility index (Phi) is 6.89. The first-order valence-electron chi connectivity index (χ1n) is 12.4. The summed E-state index contributed by atoms with van der Waals surface area (Å²) in [6, 6.07) is 7.53. The number of nitrogens with one attached hydrogen (secondary N) is 2. The van der Waals surface area contributed by atoms with E-state index < -0.39 is 5.60 Å². The van der Waals surface area contributed by atoms with Crippen molar-refractivity contribution >= 4 is 12.0 Å². The van der Waals surface area contributed by atoms with Crippen LogP contribution in [0.1, 0.15) is 69.7 Å². The minimum atomic E-state index is -0.495. The van der Waals surface area contributed by atoms with Gasteiger partial charge in [-0.2, -0.15) is 0 Å². The molecule has 0 atom stereocenters. The highest BCUT2D eigenvalue weighted by atomic mass is 16.6. The van der Waals surface area contributed by atoms with Crippen LogP contribution in [0.15, 0.2) is 24.3 Å². The van der Waals surface area contributed by atoms with Crippen LogP contribution in [-0.2, 0) is 4.74 Å². The normalized spacial score (nSPS) is 23.1. The van der Waals surface area contributed by atoms with Crippen molar-refractivity contribution in [3.8, 4) is 5.75 Å². The van der Waals surface area contributed by atoms with Crippen molar-refractivity contribution in [1.82, 2.24) is 15.5 Å². The Hall–Kier alpha value is -2.28. The van der Waals surface area contributed by atoms with Gasteiger partial charge in [-0.05, 0) is 83.4 Å². The first-order valence-corrected chi connectivity index (χ1v) is 12.4. The van der Waals surface area contributed by atoms with Gasteiger partial charge in [0, 0.05) is 31.6 Å². The standard InChI is InChI=1S/C26H39N3O4/c1-24(2,3)33-23(31)29-15-12-25(13-16-29)9-6-14-27-17-26(10-11-26)19-32-21-8-5-4-7-20(21)22(30)28-18-25/h4-5,7-8,27H,6,9-19H2,1-3H3,(H,28,30). The predicted molar refractivity (Wildman–Crippen MR) is 128 cm³/mol. The quantitative estimate of drug-likeness (QED) is 0.616. The molecule has 4 rings (SSSR count). The molecular formula is C26H39N3O4. The fraction of sp³-hybridized carbons (Fsp3) is 0.692. The third-order valence-electron chi connectivity index (χ3n) is 7.28. The molecule has 7 nitrogen and oxygen atoms in total. The summed E-state index contributed by atoms with van der Waals surface area (Å²) in [7, 11) is 0. The highest BCUT2D eigenvalue weighted by Crippen LogP contribution is 2.45. The van der Waals surface area contributed by atoms with Gasteiger partial charge in [0.25, 0.3) is 5.91 Å². The molecule has 1 aromatic rings. The van der Waals surface area contributed by atoms with Gasteiger partial charge in [0.05, 0.1) is 12.2 Å². The van der Waals surface area contributed by atoms with E-state index in [-0.39, 0.29) is 22.8 Å². The molecule has 1 aromatic carbocycles. The Morgan fingerprint density at radius 2 is 1.76 bits per heavy atom. The van der Waals surface area contributed by atoms with Gasteiger partial charge in [-0.1, -0.05) is 12.1 Å². The number of para-hydroxylation sites is 1. The van der Waals surface area contributed by atoms with Crippen LogP contribution >= 0.6 is 0 Å². The van der Waals surface area contributed by atoms with E-state index in [9.17, 15) is 9.59 Å². The molecule has 2 heterocycles. The number of carbonyl (C=O) groups excluding carboxylic acids is 2. The highest BCUT2D eigenvalue weighted by Gasteiger charge is 2.43. The van der Waals surface area contributed by atoms with Crippen LogP contribution < -0.4 is 15.4 Å². The van der Waals surface area contributed by atoms with Crippen molar-refractivity contribution in [2.75, 3.05) is 39.3 Å². The summed E-state index contributed by atoms with van der Waals surface area (Å²) < 4.78 is 11.7. The van der Waals surface area contributed by atoms with Gasteiger partial charge in [0.2, 0.25) is 0 Å². The molecule has 182 valence electrons. The van der Waals surface area contributed by atoms with E-state index in [2.05, 4.69) is 10.6 Å². The van der Waals surface area contributed by atoms with Crippen molar-refractivity contribution in [2.45, 2.75) is 64.9 Å². The molecule has 0 unspecified atom stereocenters. The summed E-state index contributed by atoms with van der Waals surface area (Å²) >= 11 is 0. The summed E-state index contributed by atoms with van der Waals surface area (Å²) in [5.41, 5.74) is 0.279. The molecule has 0 bridgehead atoms. The number of hydrogen-bond donors (Lipinski definition) is 2. The Morgan fingerprint density at radius 3 is 2.45 bits per heavy atom. The van der Waals surface area contributed by atoms with Gasteiger partial charge in [0.1, 0.15) is 11.4 Å². The molecule has 2 amide bonds. The third kappa shape index (κ3) is 6.19. The molecule has 0 radical (unpaired) electrons. The Labute approximate surface area is 197 Å². The molecule has 2 spiro atoms. The van der Waals surface area contributed by atoms with Crippen LogP contribution in [0.2, 0.25) is 0 Å². The van der Waals surface area contributed by atoms with Crippen molar-refractivity contribution in [3.05, 3.63) is 29.8 Å². The largest absolute Gasteiger partial charge is 0.492 e. The second kappa shape index (κ2) is 9.53. The summed E-state index contributed by atoms with van der Waals surface area (Å²) in [6.45, 7) is 10.2. The third-order valence-corrected chi connectivity index (χ3v) is 7.28. The number of ether oxygens (including phenoxy) is 2. The first kappa shape index (κ1) is 23.9. The maximum atomic E-state index is 13.1. The molecule has 1 saturated carbocycles. The molecule has 2 N–H and O–H groups in total. The molecule has 33 heavy (non-hydrogen) atoms. The second-order valence-electron chi connectivity index (χ2n) is 11.2. The monoisotopic (exact) mass is 457 g/mol. The maximum Gasteiger partial charge on any atom is 0.410 e. The number of rotatable bonds is 0. The Morgan fingerprint density at radius 1 is 1.03 bits per heavy atom. The number of nitrogens with zero attached hydrogens (tertiary/aromatic N) is 1. The average Bonchev–Trinajstić information content (AvgIpc) is 3.55. The number of carbonyl (C=O) groups is 2. The van der Waals surface area contributed by atoms with E-state index in [0.29, 0.717) is 37.6 Å². The zero-order valence-electron chi connectivity index (χ0n) is 20.4. The average molecular weight is 458 g/mol. The molecule has 3 aliphatic rings. The van der Waals surface area contributed by atoms with Crippen molar-refractivity contribution in [1.29, 1.82) is 0 Å². The van der Waals surface area contributed by atoms with Gasteiger partial charge in [-0.3, -0.25) is 4.79 Å².